The van der Waals surface area contributed by atoms with Gasteiger partial charge in [0.05, 0.1) is 11.1 Å². The predicted octanol–water partition coefficient (Wildman–Crippen LogP) is 3.06. The number of carbonyl (C=O) groups excluding carboxylic acids is 2. The Morgan fingerprint density at radius 2 is 1.91 bits per heavy atom. The second kappa shape index (κ2) is 8.53. The summed E-state index contributed by atoms with van der Waals surface area (Å²) in [5.41, 5.74) is -1.13. The minimum Gasteiger partial charge on any atom is -0.481 e. The van der Waals surface area contributed by atoms with E-state index < -0.39 is 35.6 Å². The van der Waals surface area contributed by atoms with Crippen LogP contribution in [-0.4, -0.2) is 34.2 Å². The number of rotatable bonds is 4. The summed E-state index contributed by atoms with van der Waals surface area (Å²) in [6, 6.07) is 9.32. The van der Waals surface area contributed by atoms with Crippen molar-refractivity contribution in [3.05, 3.63) is 80.7 Å². The first-order valence-corrected chi connectivity index (χ1v) is 9.91. The van der Waals surface area contributed by atoms with Crippen molar-refractivity contribution in [3.63, 3.8) is 0 Å². The van der Waals surface area contributed by atoms with Crippen LogP contribution in [0.4, 0.5) is 0 Å². The summed E-state index contributed by atoms with van der Waals surface area (Å²) in [5.74, 6) is -3.97. The van der Waals surface area contributed by atoms with E-state index in [1.54, 1.807) is 0 Å². The number of carboxylic acid groups (broad SMARTS) is 1. The van der Waals surface area contributed by atoms with Crippen LogP contribution < -0.4 is 15.1 Å². The number of carboxylic acids is 1. The number of fused-ring (bicyclic) bond motifs is 2. The molecule has 3 aromatic rings. The highest BCUT2D eigenvalue weighted by molar-refractivity contribution is 6.31. The Kier molecular flexibility index (Phi) is 5.75. The zero-order valence-corrected chi connectivity index (χ0v) is 17.7. The van der Waals surface area contributed by atoms with E-state index in [1.165, 1.54) is 43.3 Å². The highest BCUT2D eigenvalue weighted by atomic mass is 35.5. The molecule has 2 aromatic carbocycles. The van der Waals surface area contributed by atoms with Gasteiger partial charge in [0.2, 0.25) is 6.29 Å². The normalized spacial score (nSPS) is 17.4. The number of aliphatic hydroxyl groups excluding tert-OH is 1. The van der Waals surface area contributed by atoms with Crippen molar-refractivity contribution in [1.29, 1.82) is 0 Å². The van der Waals surface area contributed by atoms with Crippen LogP contribution in [0.3, 0.4) is 0 Å². The molecule has 0 saturated carbocycles. The number of ketones is 1. The van der Waals surface area contributed by atoms with Crippen molar-refractivity contribution < 1.29 is 38.5 Å². The molecule has 2 atom stereocenters. The molecular formula is C23H15ClO9. The zero-order chi connectivity index (χ0) is 23.9. The quantitative estimate of drug-likeness (QED) is 0.254. The van der Waals surface area contributed by atoms with Gasteiger partial charge in [0.25, 0.3) is 0 Å². The van der Waals surface area contributed by atoms with Gasteiger partial charge in [0, 0.05) is 29.5 Å². The van der Waals surface area contributed by atoms with E-state index in [1.807, 2.05) is 0 Å². The number of benzene rings is 2. The fraction of sp³-hybridized carbons (Fsp3) is 0.130. The molecule has 0 aliphatic carbocycles. The smallest absolute Gasteiger partial charge is 0.336 e. The van der Waals surface area contributed by atoms with Crippen molar-refractivity contribution in [2.24, 2.45) is 0 Å². The first-order chi connectivity index (χ1) is 15.6. The Morgan fingerprint density at radius 1 is 1.15 bits per heavy atom. The molecule has 10 heteroatoms. The zero-order valence-electron chi connectivity index (χ0n) is 16.9. The second-order valence-corrected chi connectivity index (χ2v) is 7.59. The lowest BCUT2D eigenvalue weighted by atomic mass is 9.90. The predicted molar refractivity (Wildman–Crippen MR) is 115 cm³/mol. The number of aliphatic carboxylic acids is 1. The summed E-state index contributed by atoms with van der Waals surface area (Å²) >= 11 is 5.94. The van der Waals surface area contributed by atoms with Gasteiger partial charge in [-0.15, -0.1) is 0 Å². The maximum absolute atomic E-state index is 13.0. The Bertz CT molecular complexity index is 1400. The summed E-state index contributed by atoms with van der Waals surface area (Å²) in [5, 5.41) is 20.7. The molecule has 1 aromatic heterocycles. The number of hydrogen-bond donors (Lipinski definition) is 2. The fourth-order valence-electron chi connectivity index (χ4n) is 3.52. The molecule has 0 spiro atoms. The Labute approximate surface area is 190 Å². The van der Waals surface area contributed by atoms with E-state index >= 15 is 0 Å². The molecule has 9 nitrogen and oxygen atoms in total. The molecule has 4 rings (SSSR count). The monoisotopic (exact) mass is 470 g/mol. The second-order valence-electron chi connectivity index (χ2n) is 7.15. The first kappa shape index (κ1) is 22.3. The number of aliphatic hydroxyl groups is 1. The molecule has 1 aliphatic rings. The number of halogens is 1. The summed E-state index contributed by atoms with van der Waals surface area (Å²) in [6.07, 6.45) is -0.706. The standard InChI is InChI=1S/C23H15ClO9/c1-10(25)31-12-3-4-13-14(9-20(26)32-19(13)7-12)15(22(28)29)8-17-21(27)16-6-11(24)2-5-18(16)33-23(17)30/h2-9,15,23,30H,1H3,(H,28,29)/b17-8-/t15-,23-/m0/s1. The Morgan fingerprint density at radius 3 is 2.61 bits per heavy atom. The third-order valence-corrected chi connectivity index (χ3v) is 5.15. The largest absolute Gasteiger partial charge is 0.481 e. The van der Waals surface area contributed by atoms with Crippen LogP contribution in [0.2, 0.25) is 5.02 Å². The van der Waals surface area contributed by atoms with Crippen LogP contribution in [0.5, 0.6) is 11.5 Å². The van der Waals surface area contributed by atoms with Gasteiger partial charge >= 0.3 is 17.6 Å². The van der Waals surface area contributed by atoms with E-state index in [-0.39, 0.29) is 44.2 Å². The van der Waals surface area contributed by atoms with Crippen molar-refractivity contribution in [2.75, 3.05) is 0 Å². The molecule has 0 amide bonds. The molecule has 2 heterocycles. The lowest BCUT2D eigenvalue weighted by Crippen LogP contribution is -2.31. The minimum atomic E-state index is -1.73. The van der Waals surface area contributed by atoms with Crippen molar-refractivity contribution in [2.45, 2.75) is 19.1 Å². The van der Waals surface area contributed by atoms with Gasteiger partial charge in [-0.3, -0.25) is 14.4 Å². The highest BCUT2D eigenvalue weighted by Crippen LogP contribution is 2.35. The summed E-state index contributed by atoms with van der Waals surface area (Å²) in [7, 11) is 0. The molecule has 0 fully saturated rings. The lowest BCUT2D eigenvalue weighted by molar-refractivity contribution is -0.137. The van der Waals surface area contributed by atoms with Gasteiger partial charge in [-0.2, -0.15) is 0 Å². The SMILES string of the molecule is CC(=O)Oc1ccc2c([C@H](/C=C3/C(=O)c4cc(Cl)ccc4O[C@@H]3O)C(=O)O)cc(=O)oc2c1. The van der Waals surface area contributed by atoms with Crippen LogP contribution in [0, 0.1) is 0 Å². The average Bonchev–Trinajstić information content (AvgIpc) is 2.73. The van der Waals surface area contributed by atoms with Gasteiger partial charge < -0.3 is 24.1 Å². The summed E-state index contributed by atoms with van der Waals surface area (Å²) in [6.45, 7) is 1.20. The van der Waals surface area contributed by atoms with Crippen molar-refractivity contribution in [3.8, 4) is 11.5 Å². The van der Waals surface area contributed by atoms with E-state index in [0.717, 1.165) is 12.1 Å². The van der Waals surface area contributed by atoms with E-state index in [4.69, 9.17) is 25.5 Å². The lowest BCUT2D eigenvalue weighted by Gasteiger charge is -2.25. The third kappa shape index (κ3) is 4.36. The van der Waals surface area contributed by atoms with Gasteiger partial charge in [0.1, 0.15) is 23.0 Å². The van der Waals surface area contributed by atoms with Crippen LogP contribution in [0.15, 0.2) is 63.3 Å². The van der Waals surface area contributed by atoms with Gasteiger partial charge in [-0.1, -0.05) is 17.7 Å². The first-order valence-electron chi connectivity index (χ1n) is 9.54. The van der Waals surface area contributed by atoms with Crippen molar-refractivity contribution in [1.82, 2.24) is 0 Å². The molecule has 2 N–H and O–H groups in total. The molecule has 0 radical (unpaired) electrons. The summed E-state index contributed by atoms with van der Waals surface area (Å²) < 4.78 is 15.4. The molecule has 33 heavy (non-hydrogen) atoms. The van der Waals surface area contributed by atoms with E-state index in [0.29, 0.717) is 0 Å². The van der Waals surface area contributed by atoms with Gasteiger partial charge in [0.15, 0.2) is 5.78 Å². The number of carbonyl (C=O) groups is 3. The topological polar surface area (TPSA) is 140 Å². The Hall–Kier alpha value is -3.95. The van der Waals surface area contributed by atoms with Crippen molar-refractivity contribution >= 4 is 40.3 Å². The van der Waals surface area contributed by atoms with Crippen LogP contribution in [0.25, 0.3) is 11.0 Å². The van der Waals surface area contributed by atoms with Crippen LogP contribution in [-0.2, 0) is 9.59 Å². The minimum absolute atomic E-state index is 0.00696. The Balaban J connectivity index is 1.85. The van der Waals surface area contributed by atoms with Crippen LogP contribution in [0.1, 0.15) is 28.8 Å². The number of hydrogen-bond acceptors (Lipinski definition) is 8. The number of esters is 1. The van der Waals surface area contributed by atoms with Gasteiger partial charge in [-0.05, 0) is 35.9 Å². The van der Waals surface area contributed by atoms with Crippen LogP contribution >= 0.6 is 11.6 Å². The summed E-state index contributed by atoms with van der Waals surface area (Å²) in [4.78, 5) is 48.5. The molecule has 168 valence electrons. The van der Waals surface area contributed by atoms with E-state index in [2.05, 4.69) is 0 Å². The number of Topliss-reactive ketones (excluding diaryl/α,β-unsaturated/α-hetero) is 1. The average molecular weight is 471 g/mol. The van der Waals surface area contributed by atoms with E-state index in [9.17, 15) is 29.4 Å². The number of ether oxygens (including phenoxy) is 2. The highest BCUT2D eigenvalue weighted by Gasteiger charge is 2.33. The maximum atomic E-state index is 13.0. The fourth-order valence-corrected chi connectivity index (χ4v) is 3.69. The molecule has 1 aliphatic heterocycles. The molecule has 0 unspecified atom stereocenters. The maximum Gasteiger partial charge on any atom is 0.336 e. The third-order valence-electron chi connectivity index (χ3n) is 4.91. The van der Waals surface area contributed by atoms with Gasteiger partial charge in [-0.25, -0.2) is 4.79 Å². The molecule has 0 saturated heterocycles. The molecule has 0 bridgehead atoms. The molecular weight excluding hydrogens is 456 g/mol.